The van der Waals surface area contributed by atoms with Crippen LogP contribution in [-0.2, 0) is 20.8 Å². The topological polar surface area (TPSA) is 117 Å². The van der Waals surface area contributed by atoms with E-state index in [0.717, 1.165) is 5.56 Å². The van der Waals surface area contributed by atoms with Crippen LogP contribution in [0.15, 0.2) is 48.5 Å². The van der Waals surface area contributed by atoms with Gasteiger partial charge in [-0.2, -0.15) is 0 Å². The van der Waals surface area contributed by atoms with Crippen molar-refractivity contribution in [2.24, 2.45) is 0 Å². The van der Waals surface area contributed by atoms with Gasteiger partial charge in [0.15, 0.2) is 0 Å². The van der Waals surface area contributed by atoms with E-state index in [9.17, 15) is 19.5 Å². The second-order valence-corrected chi connectivity index (χ2v) is 6.92. The molecule has 0 fully saturated rings. The fraction of sp³-hybridized carbons (Fsp3) is 0.286. The van der Waals surface area contributed by atoms with Gasteiger partial charge >= 0.3 is 11.8 Å². The van der Waals surface area contributed by atoms with E-state index in [1.807, 2.05) is 12.1 Å². The molecule has 2 aromatic rings. The maximum Gasteiger partial charge on any atom is 0.313 e. The highest BCUT2D eigenvalue weighted by atomic mass is 16.5. The molecule has 0 aromatic heterocycles. The molecule has 1 atom stereocenters. The van der Waals surface area contributed by atoms with Gasteiger partial charge in [0.25, 0.3) is 0 Å². The molecule has 154 valence electrons. The first kappa shape index (κ1) is 21.9. The van der Waals surface area contributed by atoms with Crippen molar-refractivity contribution in [3.05, 3.63) is 54.1 Å². The van der Waals surface area contributed by atoms with Crippen LogP contribution in [0.5, 0.6) is 5.75 Å². The number of carbonyl (C=O) groups excluding carboxylic acids is 3. The van der Waals surface area contributed by atoms with Crippen molar-refractivity contribution in [3.63, 3.8) is 0 Å². The Bertz CT molecular complexity index is 878. The quantitative estimate of drug-likeness (QED) is 0.529. The van der Waals surface area contributed by atoms with Gasteiger partial charge in [-0.25, -0.2) is 0 Å². The summed E-state index contributed by atoms with van der Waals surface area (Å²) in [5.74, 6) is -1.28. The molecule has 3 amide bonds. The maximum absolute atomic E-state index is 12.1. The molecule has 29 heavy (non-hydrogen) atoms. The Labute approximate surface area is 169 Å². The lowest BCUT2D eigenvalue weighted by Crippen LogP contribution is -2.45. The minimum Gasteiger partial charge on any atom is -0.497 e. The van der Waals surface area contributed by atoms with Crippen LogP contribution < -0.4 is 20.7 Å². The molecule has 2 rings (SSSR count). The van der Waals surface area contributed by atoms with Crippen LogP contribution in [0, 0.1) is 0 Å². The van der Waals surface area contributed by atoms with Gasteiger partial charge in [0.05, 0.1) is 12.7 Å². The van der Waals surface area contributed by atoms with Crippen LogP contribution in [0.1, 0.15) is 19.4 Å². The Kier molecular flexibility index (Phi) is 7.33. The Hall–Kier alpha value is -3.39. The second kappa shape index (κ2) is 9.70. The van der Waals surface area contributed by atoms with Crippen molar-refractivity contribution in [3.8, 4) is 5.75 Å². The lowest BCUT2D eigenvalue weighted by Gasteiger charge is -2.23. The number of amides is 3. The number of ether oxygens (including phenoxy) is 1. The summed E-state index contributed by atoms with van der Waals surface area (Å²) in [5, 5.41) is 18.0. The molecule has 0 spiro atoms. The van der Waals surface area contributed by atoms with E-state index in [4.69, 9.17) is 4.74 Å². The third-order valence-corrected chi connectivity index (χ3v) is 4.02. The molecule has 0 saturated heterocycles. The van der Waals surface area contributed by atoms with Gasteiger partial charge in [-0.15, -0.1) is 0 Å². The lowest BCUT2D eigenvalue weighted by atomic mass is 9.96. The van der Waals surface area contributed by atoms with Gasteiger partial charge in [-0.1, -0.05) is 18.2 Å². The van der Waals surface area contributed by atoms with Gasteiger partial charge in [0, 0.05) is 31.3 Å². The van der Waals surface area contributed by atoms with E-state index < -0.39 is 17.4 Å². The van der Waals surface area contributed by atoms with Gasteiger partial charge in [-0.05, 0) is 42.8 Å². The van der Waals surface area contributed by atoms with Crippen LogP contribution in [-0.4, -0.2) is 42.1 Å². The summed E-state index contributed by atoms with van der Waals surface area (Å²) >= 11 is 0. The van der Waals surface area contributed by atoms with Crippen molar-refractivity contribution in [2.45, 2.75) is 25.9 Å². The molecule has 8 nitrogen and oxygen atoms in total. The lowest BCUT2D eigenvalue weighted by molar-refractivity contribution is -0.136. The minimum atomic E-state index is -1.24. The molecule has 4 N–H and O–H groups in total. The molecule has 0 bridgehead atoms. The summed E-state index contributed by atoms with van der Waals surface area (Å²) < 4.78 is 5.10. The number of benzene rings is 2. The summed E-state index contributed by atoms with van der Waals surface area (Å²) in [4.78, 5) is 35.3. The molecular formula is C21H25N3O5. The molecule has 0 aliphatic heterocycles. The molecule has 0 aliphatic rings. The number of hydrogen-bond donors (Lipinski definition) is 4. The van der Waals surface area contributed by atoms with E-state index in [1.165, 1.54) is 13.0 Å². The number of aliphatic hydroxyl groups is 1. The monoisotopic (exact) mass is 399 g/mol. The van der Waals surface area contributed by atoms with Crippen molar-refractivity contribution in [1.82, 2.24) is 5.32 Å². The third-order valence-electron chi connectivity index (χ3n) is 4.02. The minimum absolute atomic E-state index is 0.1000. The molecule has 0 aliphatic carbocycles. The fourth-order valence-corrected chi connectivity index (χ4v) is 2.66. The Morgan fingerprint density at radius 3 is 2.21 bits per heavy atom. The third kappa shape index (κ3) is 7.27. The molecular weight excluding hydrogens is 374 g/mol. The predicted molar refractivity (Wildman–Crippen MR) is 110 cm³/mol. The maximum atomic E-state index is 12.1. The van der Waals surface area contributed by atoms with Gasteiger partial charge < -0.3 is 25.8 Å². The van der Waals surface area contributed by atoms with Crippen LogP contribution in [0.4, 0.5) is 11.4 Å². The van der Waals surface area contributed by atoms with E-state index in [-0.39, 0.29) is 18.9 Å². The molecule has 1 unspecified atom stereocenters. The zero-order valence-corrected chi connectivity index (χ0v) is 16.6. The van der Waals surface area contributed by atoms with Crippen LogP contribution in [0.3, 0.4) is 0 Å². The number of anilines is 2. The molecule has 0 heterocycles. The highest BCUT2D eigenvalue weighted by Gasteiger charge is 2.24. The molecule has 8 heteroatoms. The van der Waals surface area contributed by atoms with Gasteiger partial charge in [0.2, 0.25) is 5.91 Å². The first-order valence-electron chi connectivity index (χ1n) is 9.01. The van der Waals surface area contributed by atoms with Crippen molar-refractivity contribution >= 4 is 29.1 Å². The molecule has 0 radical (unpaired) electrons. The number of carbonyl (C=O) groups is 3. The molecule has 0 saturated carbocycles. The SMILES string of the molecule is COc1ccc(CC(C)(O)CNC(=O)C(=O)Nc2cccc(NC(C)=O)c2)cc1. The standard InChI is InChI=1S/C21H25N3O5/c1-14(25)23-16-5-4-6-17(11-16)24-20(27)19(26)22-13-21(2,28)12-15-7-9-18(29-3)10-8-15/h4-11,28H,12-13H2,1-3H3,(H,22,26)(H,23,25)(H,24,27). The van der Waals surface area contributed by atoms with E-state index in [0.29, 0.717) is 17.1 Å². The van der Waals surface area contributed by atoms with Crippen LogP contribution in [0.2, 0.25) is 0 Å². The van der Waals surface area contributed by atoms with E-state index >= 15 is 0 Å². The first-order valence-corrected chi connectivity index (χ1v) is 9.01. The van der Waals surface area contributed by atoms with Gasteiger partial charge in [0.1, 0.15) is 5.75 Å². The Morgan fingerprint density at radius 1 is 1.00 bits per heavy atom. The summed E-state index contributed by atoms with van der Waals surface area (Å²) in [5.41, 5.74) is 0.486. The smallest absolute Gasteiger partial charge is 0.313 e. The van der Waals surface area contributed by atoms with Gasteiger partial charge in [-0.3, -0.25) is 14.4 Å². The summed E-state index contributed by atoms with van der Waals surface area (Å²) in [6, 6.07) is 13.6. The summed E-state index contributed by atoms with van der Waals surface area (Å²) in [7, 11) is 1.57. The average molecular weight is 399 g/mol. The highest BCUT2D eigenvalue weighted by Crippen LogP contribution is 2.17. The zero-order valence-electron chi connectivity index (χ0n) is 16.6. The van der Waals surface area contributed by atoms with Crippen molar-refractivity contribution < 1.29 is 24.2 Å². The van der Waals surface area contributed by atoms with Crippen LogP contribution in [0.25, 0.3) is 0 Å². The largest absolute Gasteiger partial charge is 0.497 e. The highest BCUT2D eigenvalue weighted by molar-refractivity contribution is 6.39. The fourth-order valence-electron chi connectivity index (χ4n) is 2.66. The Morgan fingerprint density at radius 2 is 1.62 bits per heavy atom. The molecule has 2 aromatic carbocycles. The van der Waals surface area contributed by atoms with E-state index in [2.05, 4.69) is 16.0 Å². The first-order chi connectivity index (χ1) is 13.7. The second-order valence-electron chi connectivity index (χ2n) is 6.92. The number of nitrogens with one attached hydrogen (secondary N) is 3. The van der Waals surface area contributed by atoms with Crippen molar-refractivity contribution in [1.29, 1.82) is 0 Å². The van der Waals surface area contributed by atoms with Crippen LogP contribution >= 0.6 is 0 Å². The average Bonchev–Trinajstić information content (AvgIpc) is 2.66. The Balaban J connectivity index is 1.88. The van der Waals surface area contributed by atoms with E-state index in [1.54, 1.807) is 44.4 Å². The number of rotatable bonds is 7. The number of hydrogen-bond acceptors (Lipinski definition) is 5. The van der Waals surface area contributed by atoms with Crippen molar-refractivity contribution in [2.75, 3.05) is 24.3 Å². The zero-order chi connectivity index (χ0) is 21.4. The predicted octanol–water partition coefficient (Wildman–Crippen LogP) is 1.70. The summed E-state index contributed by atoms with van der Waals surface area (Å²) in [6.07, 6.45) is 0.289. The summed E-state index contributed by atoms with van der Waals surface area (Å²) in [6.45, 7) is 2.85. The number of methoxy groups -OCH3 is 1. The normalized spacial score (nSPS) is 12.4.